The number of fused-ring (bicyclic) bond motifs is 1. The molecule has 0 atom stereocenters. The molecule has 2 aromatic rings. The number of aromatic nitrogens is 2. The van der Waals surface area contributed by atoms with Crippen molar-refractivity contribution in [1.82, 2.24) is 14.9 Å². The third kappa shape index (κ3) is 3.50. The zero-order chi connectivity index (χ0) is 16.3. The minimum absolute atomic E-state index is 0.211. The van der Waals surface area contributed by atoms with E-state index < -0.39 is 5.91 Å². The Morgan fingerprint density at radius 2 is 2.09 bits per heavy atom. The molecule has 0 aliphatic carbocycles. The van der Waals surface area contributed by atoms with Gasteiger partial charge in [0, 0.05) is 12.3 Å². The van der Waals surface area contributed by atoms with Gasteiger partial charge in [-0.15, -0.1) is 11.3 Å². The Morgan fingerprint density at radius 3 is 2.68 bits per heavy atom. The first-order valence-corrected chi connectivity index (χ1v) is 8.96. The summed E-state index contributed by atoms with van der Waals surface area (Å²) in [6.07, 6.45) is 0. The maximum absolute atomic E-state index is 12.2. The molecule has 0 fully saturated rings. The summed E-state index contributed by atoms with van der Waals surface area (Å²) in [4.78, 5) is 34.1. The summed E-state index contributed by atoms with van der Waals surface area (Å²) in [6, 6.07) is 0. The summed E-state index contributed by atoms with van der Waals surface area (Å²) in [6.45, 7) is 8.93. The van der Waals surface area contributed by atoms with E-state index in [2.05, 4.69) is 28.7 Å². The van der Waals surface area contributed by atoms with Crippen molar-refractivity contribution >= 4 is 39.2 Å². The topological polar surface area (TPSA) is 92.1 Å². The molecule has 22 heavy (non-hydrogen) atoms. The summed E-state index contributed by atoms with van der Waals surface area (Å²) in [5.41, 5.74) is 5.73. The normalized spacial score (nSPS) is 11.5. The van der Waals surface area contributed by atoms with Crippen molar-refractivity contribution in [2.45, 2.75) is 25.9 Å². The molecule has 1 amide bonds. The number of aryl methyl sites for hydroxylation is 1. The fraction of sp³-hybridized carbons (Fsp3) is 0.500. The molecule has 0 aliphatic rings. The van der Waals surface area contributed by atoms with Gasteiger partial charge in [0.05, 0.1) is 10.3 Å². The number of thiophene rings is 1. The number of rotatable bonds is 7. The van der Waals surface area contributed by atoms with Gasteiger partial charge in [0.1, 0.15) is 4.83 Å². The van der Waals surface area contributed by atoms with E-state index in [0.717, 1.165) is 25.4 Å². The molecule has 6 nitrogen and oxygen atoms in total. The zero-order valence-electron chi connectivity index (χ0n) is 12.9. The van der Waals surface area contributed by atoms with Gasteiger partial charge in [-0.3, -0.25) is 9.59 Å². The third-order valence-electron chi connectivity index (χ3n) is 3.54. The van der Waals surface area contributed by atoms with E-state index in [9.17, 15) is 9.59 Å². The van der Waals surface area contributed by atoms with Gasteiger partial charge >= 0.3 is 0 Å². The number of hydrogen-bond acceptors (Lipinski definition) is 6. The Morgan fingerprint density at radius 1 is 1.41 bits per heavy atom. The monoisotopic (exact) mass is 340 g/mol. The molecule has 2 aromatic heterocycles. The number of hydrogen-bond donors (Lipinski definition) is 2. The van der Waals surface area contributed by atoms with Crippen LogP contribution < -0.4 is 11.3 Å². The third-order valence-corrected chi connectivity index (χ3v) is 5.60. The lowest BCUT2D eigenvalue weighted by molar-refractivity contribution is 0.100. The molecule has 0 aromatic carbocycles. The molecule has 3 N–H and O–H groups in total. The molecule has 0 bridgehead atoms. The van der Waals surface area contributed by atoms with Crippen molar-refractivity contribution in [2.75, 3.05) is 25.4 Å². The second-order valence-electron chi connectivity index (χ2n) is 4.85. The predicted molar refractivity (Wildman–Crippen MR) is 92.0 cm³/mol. The second-order valence-corrected chi connectivity index (χ2v) is 6.93. The quantitative estimate of drug-likeness (QED) is 0.592. The van der Waals surface area contributed by atoms with Crippen LogP contribution in [0.2, 0.25) is 0 Å². The first-order valence-electron chi connectivity index (χ1n) is 7.16. The molecular weight excluding hydrogens is 320 g/mol. The molecular formula is C14H20N4O2S2. The fourth-order valence-electron chi connectivity index (χ4n) is 2.24. The maximum Gasteiger partial charge on any atom is 0.260 e. The molecule has 0 saturated heterocycles. The van der Waals surface area contributed by atoms with Gasteiger partial charge in [-0.1, -0.05) is 25.6 Å². The van der Waals surface area contributed by atoms with Crippen molar-refractivity contribution < 1.29 is 4.79 Å². The Bertz CT molecular complexity index is 734. The summed E-state index contributed by atoms with van der Waals surface area (Å²) in [5.74, 6) is 0.332. The lowest BCUT2D eigenvalue weighted by Gasteiger charge is -2.16. The predicted octanol–water partition coefficient (Wildman–Crippen LogP) is 1.83. The van der Waals surface area contributed by atoms with E-state index in [0.29, 0.717) is 25.8 Å². The number of carbonyl (C=O) groups is 1. The summed E-state index contributed by atoms with van der Waals surface area (Å²) in [5, 5.41) is 1.05. The summed E-state index contributed by atoms with van der Waals surface area (Å²) < 4.78 is 0. The van der Waals surface area contributed by atoms with Gasteiger partial charge in [0.15, 0.2) is 5.16 Å². The van der Waals surface area contributed by atoms with Crippen LogP contribution in [0.4, 0.5) is 0 Å². The van der Waals surface area contributed by atoms with Gasteiger partial charge in [-0.05, 0) is 25.6 Å². The Balaban J connectivity index is 2.23. The first kappa shape index (κ1) is 17.0. The Hall–Kier alpha value is -1.38. The molecule has 0 radical (unpaired) electrons. The highest BCUT2D eigenvalue weighted by Crippen LogP contribution is 2.27. The second kappa shape index (κ2) is 7.26. The van der Waals surface area contributed by atoms with Crippen molar-refractivity contribution in [2.24, 2.45) is 5.73 Å². The minimum atomic E-state index is -0.518. The molecule has 8 heteroatoms. The van der Waals surface area contributed by atoms with Gasteiger partial charge in [0.2, 0.25) is 0 Å². The van der Waals surface area contributed by atoms with Gasteiger partial charge in [-0.2, -0.15) is 0 Å². The van der Waals surface area contributed by atoms with Crippen molar-refractivity contribution in [3.8, 4) is 0 Å². The molecule has 2 heterocycles. The van der Waals surface area contributed by atoms with Gasteiger partial charge < -0.3 is 15.6 Å². The molecule has 0 spiro atoms. The molecule has 0 unspecified atom stereocenters. The van der Waals surface area contributed by atoms with Crippen molar-refractivity contribution in [3.63, 3.8) is 0 Å². The number of amides is 1. The zero-order valence-corrected chi connectivity index (χ0v) is 14.6. The van der Waals surface area contributed by atoms with E-state index in [4.69, 9.17) is 5.73 Å². The fourth-order valence-corrected chi connectivity index (χ4v) is 4.19. The highest BCUT2D eigenvalue weighted by atomic mass is 32.2. The number of nitrogens with one attached hydrogen (secondary N) is 1. The summed E-state index contributed by atoms with van der Waals surface area (Å²) in [7, 11) is 0. The molecule has 0 saturated carbocycles. The smallest absolute Gasteiger partial charge is 0.260 e. The summed E-state index contributed by atoms with van der Waals surface area (Å²) >= 11 is 2.69. The van der Waals surface area contributed by atoms with E-state index in [1.807, 2.05) is 0 Å². The first-order chi connectivity index (χ1) is 10.5. The van der Waals surface area contributed by atoms with E-state index >= 15 is 0 Å². The van der Waals surface area contributed by atoms with Crippen LogP contribution in [-0.4, -0.2) is 46.2 Å². The Kier molecular flexibility index (Phi) is 5.60. The highest BCUT2D eigenvalue weighted by molar-refractivity contribution is 7.99. The molecule has 2 rings (SSSR count). The largest absolute Gasteiger partial charge is 0.365 e. The molecule has 0 aliphatic heterocycles. The van der Waals surface area contributed by atoms with E-state index in [1.54, 1.807) is 6.92 Å². The standard InChI is InChI=1S/C14H20N4O2S2/c1-4-18(5-2)6-7-21-14-16-12(20)9-8(3)10(11(15)19)22-13(9)17-14/h4-7H2,1-3H3,(H2,15,19)(H,16,17,20). The number of H-pyrrole nitrogens is 1. The highest BCUT2D eigenvalue weighted by Gasteiger charge is 2.17. The van der Waals surface area contributed by atoms with Gasteiger partial charge in [0.25, 0.3) is 11.5 Å². The van der Waals surface area contributed by atoms with Crippen molar-refractivity contribution in [3.05, 3.63) is 20.8 Å². The van der Waals surface area contributed by atoms with Crippen LogP contribution in [0.5, 0.6) is 0 Å². The van der Waals surface area contributed by atoms with Gasteiger partial charge in [-0.25, -0.2) is 4.98 Å². The van der Waals surface area contributed by atoms with E-state index in [-0.39, 0.29) is 5.56 Å². The Labute approximate surface area is 137 Å². The SMILES string of the molecule is CCN(CC)CCSc1nc2sc(C(N)=O)c(C)c2c(=O)[nH]1. The number of nitrogens with two attached hydrogens (primary N) is 1. The van der Waals surface area contributed by atoms with E-state index in [1.165, 1.54) is 23.1 Å². The van der Waals surface area contributed by atoms with Crippen LogP contribution in [0.3, 0.4) is 0 Å². The van der Waals surface area contributed by atoms with Crippen LogP contribution in [0.25, 0.3) is 10.2 Å². The van der Waals surface area contributed by atoms with Crippen LogP contribution in [0.15, 0.2) is 9.95 Å². The maximum atomic E-state index is 12.2. The molecule has 120 valence electrons. The van der Waals surface area contributed by atoms with Crippen LogP contribution in [0, 0.1) is 6.92 Å². The van der Waals surface area contributed by atoms with Crippen LogP contribution >= 0.6 is 23.1 Å². The van der Waals surface area contributed by atoms with Crippen LogP contribution in [-0.2, 0) is 0 Å². The average Bonchev–Trinajstić information content (AvgIpc) is 2.81. The lowest BCUT2D eigenvalue weighted by atomic mass is 10.2. The average molecular weight is 340 g/mol. The number of carbonyl (C=O) groups excluding carboxylic acids is 1. The number of nitrogens with zero attached hydrogens (tertiary/aromatic N) is 2. The minimum Gasteiger partial charge on any atom is -0.365 e. The number of thioether (sulfide) groups is 1. The van der Waals surface area contributed by atoms with Crippen LogP contribution in [0.1, 0.15) is 29.1 Å². The lowest BCUT2D eigenvalue weighted by Crippen LogP contribution is -2.25. The number of aromatic amines is 1. The van der Waals surface area contributed by atoms with Crippen molar-refractivity contribution in [1.29, 1.82) is 0 Å². The number of primary amides is 1.